The number of benzene rings is 1. The number of pyridine rings is 1. The summed E-state index contributed by atoms with van der Waals surface area (Å²) in [6.45, 7) is 5.54. The van der Waals surface area contributed by atoms with Gasteiger partial charge < -0.3 is 24.6 Å². The Hall–Kier alpha value is -3.17. The number of piperazine rings is 1. The number of aromatic nitrogens is 1. The maximum atomic E-state index is 13.4. The van der Waals surface area contributed by atoms with Crippen molar-refractivity contribution in [1.82, 2.24) is 20.1 Å². The molecule has 2 atom stereocenters. The Bertz CT molecular complexity index is 1040. The van der Waals surface area contributed by atoms with Crippen molar-refractivity contribution < 1.29 is 19.1 Å². The summed E-state index contributed by atoms with van der Waals surface area (Å²) in [6.07, 6.45) is 4.13. The minimum atomic E-state index is -0.209. The summed E-state index contributed by atoms with van der Waals surface area (Å²) >= 11 is 0. The summed E-state index contributed by atoms with van der Waals surface area (Å²) in [5.74, 6) is 0.782. The van der Waals surface area contributed by atoms with Crippen LogP contribution in [0.15, 0.2) is 42.7 Å². The molecular weight excluding hydrogens is 446 g/mol. The lowest BCUT2D eigenvalue weighted by atomic mass is 9.83. The maximum absolute atomic E-state index is 13.4. The highest BCUT2D eigenvalue weighted by molar-refractivity contribution is 5.82. The Morgan fingerprint density at radius 2 is 1.91 bits per heavy atom. The molecule has 2 amide bonds. The lowest BCUT2D eigenvalue weighted by molar-refractivity contribution is -0.136. The molecule has 3 aliphatic rings. The SMILES string of the molecule is COc1ccc2c(c1)N1CCN(CC(=O)N3CCOCC3)CC1C(C(=O)NCc1ccncc1)C2. The smallest absolute Gasteiger partial charge is 0.236 e. The third-order valence-corrected chi connectivity index (χ3v) is 7.28. The molecule has 0 aliphatic carbocycles. The summed E-state index contributed by atoms with van der Waals surface area (Å²) < 4.78 is 10.9. The summed E-state index contributed by atoms with van der Waals surface area (Å²) in [4.78, 5) is 36.8. The van der Waals surface area contributed by atoms with Gasteiger partial charge in [0, 0.05) is 63.4 Å². The summed E-state index contributed by atoms with van der Waals surface area (Å²) in [6, 6.07) is 9.91. The first-order chi connectivity index (χ1) is 17.1. The zero-order chi connectivity index (χ0) is 24.2. The highest BCUT2D eigenvalue weighted by atomic mass is 16.5. The minimum absolute atomic E-state index is 0.0155. The van der Waals surface area contributed by atoms with Crippen molar-refractivity contribution in [3.05, 3.63) is 53.9 Å². The van der Waals surface area contributed by atoms with Crippen LogP contribution >= 0.6 is 0 Å². The molecule has 2 fully saturated rings. The van der Waals surface area contributed by atoms with Crippen LogP contribution < -0.4 is 15.0 Å². The molecule has 1 N–H and O–H groups in total. The fraction of sp³-hybridized carbons (Fsp3) is 0.500. The van der Waals surface area contributed by atoms with Gasteiger partial charge in [0.2, 0.25) is 11.8 Å². The fourth-order valence-corrected chi connectivity index (χ4v) is 5.33. The molecule has 4 heterocycles. The number of nitrogens with zero attached hydrogens (tertiary/aromatic N) is 4. The van der Waals surface area contributed by atoms with E-state index in [4.69, 9.17) is 9.47 Å². The van der Waals surface area contributed by atoms with Crippen molar-refractivity contribution in [3.8, 4) is 5.75 Å². The molecule has 9 heteroatoms. The quantitative estimate of drug-likeness (QED) is 0.660. The average Bonchev–Trinajstić information content (AvgIpc) is 2.92. The van der Waals surface area contributed by atoms with E-state index in [1.165, 1.54) is 0 Å². The van der Waals surface area contributed by atoms with Crippen LogP contribution in [0.25, 0.3) is 0 Å². The second-order valence-electron chi connectivity index (χ2n) is 9.37. The number of amides is 2. The van der Waals surface area contributed by atoms with Crippen molar-refractivity contribution >= 4 is 17.5 Å². The topological polar surface area (TPSA) is 87.2 Å². The second kappa shape index (κ2) is 10.6. The number of hydrogen-bond donors (Lipinski definition) is 1. The van der Waals surface area contributed by atoms with Crippen LogP contribution in [0.3, 0.4) is 0 Å². The van der Waals surface area contributed by atoms with Gasteiger partial charge in [-0.25, -0.2) is 0 Å². The van der Waals surface area contributed by atoms with E-state index in [1.807, 2.05) is 23.1 Å². The van der Waals surface area contributed by atoms with E-state index in [-0.39, 0.29) is 23.8 Å². The van der Waals surface area contributed by atoms with Gasteiger partial charge in [-0.05, 0) is 35.7 Å². The van der Waals surface area contributed by atoms with Gasteiger partial charge in [0.25, 0.3) is 0 Å². The van der Waals surface area contributed by atoms with E-state index in [0.29, 0.717) is 52.4 Å². The van der Waals surface area contributed by atoms with E-state index >= 15 is 0 Å². The van der Waals surface area contributed by atoms with Gasteiger partial charge >= 0.3 is 0 Å². The number of ether oxygens (including phenoxy) is 2. The van der Waals surface area contributed by atoms with E-state index in [2.05, 4.69) is 32.2 Å². The molecule has 0 radical (unpaired) electrons. The number of nitrogens with one attached hydrogen (secondary N) is 1. The molecule has 2 unspecified atom stereocenters. The van der Waals surface area contributed by atoms with Crippen LogP contribution in [0.4, 0.5) is 5.69 Å². The Morgan fingerprint density at radius 3 is 2.69 bits per heavy atom. The van der Waals surface area contributed by atoms with E-state index < -0.39 is 0 Å². The lowest BCUT2D eigenvalue weighted by Gasteiger charge is -2.49. The number of rotatable bonds is 6. The highest BCUT2D eigenvalue weighted by Gasteiger charge is 2.42. The predicted molar refractivity (Wildman–Crippen MR) is 131 cm³/mol. The van der Waals surface area contributed by atoms with Crippen LogP contribution in [0.5, 0.6) is 5.75 Å². The fourth-order valence-electron chi connectivity index (χ4n) is 5.33. The molecule has 186 valence electrons. The Balaban J connectivity index is 1.33. The zero-order valence-electron chi connectivity index (χ0n) is 20.2. The molecule has 3 aliphatic heterocycles. The molecule has 2 saturated heterocycles. The Kier molecular flexibility index (Phi) is 7.15. The highest BCUT2D eigenvalue weighted by Crippen LogP contribution is 2.38. The van der Waals surface area contributed by atoms with E-state index in [9.17, 15) is 9.59 Å². The van der Waals surface area contributed by atoms with Crippen molar-refractivity contribution in [1.29, 1.82) is 0 Å². The van der Waals surface area contributed by atoms with Crippen molar-refractivity contribution in [2.75, 3.05) is 64.5 Å². The largest absolute Gasteiger partial charge is 0.497 e. The number of carbonyl (C=O) groups excluding carboxylic acids is 2. The zero-order valence-corrected chi connectivity index (χ0v) is 20.2. The monoisotopic (exact) mass is 479 g/mol. The predicted octanol–water partition coefficient (Wildman–Crippen LogP) is 0.928. The van der Waals surface area contributed by atoms with Gasteiger partial charge in [0.1, 0.15) is 5.75 Å². The van der Waals surface area contributed by atoms with Gasteiger partial charge in [-0.15, -0.1) is 0 Å². The van der Waals surface area contributed by atoms with Crippen molar-refractivity contribution in [3.63, 3.8) is 0 Å². The van der Waals surface area contributed by atoms with Gasteiger partial charge in [-0.2, -0.15) is 0 Å². The van der Waals surface area contributed by atoms with Crippen LogP contribution in [-0.4, -0.2) is 92.2 Å². The number of carbonyl (C=O) groups is 2. The molecule has 1 aromatic heterocycles. The number of anilines is 1. The molecule has 1 aromatic carbocycles. The van der Waals surface area contributed by atoms with Crippen LogP contribution in [-0.2, 0) is 27.3 Å². The van der Waals surface area contributed by atoms with E-state index in [0.717, 1.165) is 35.7 Å². The van der Waals surface area contributed by atoms with Gasteiger partial charge in [-0.3, -0.25) is 19.5 Å². The second-order valence-corrected chi connectivity index (χ2v) is 9.37. The molecule has 2 aromatic rings. The van der Waals surface area contributed by atoms with Gasteiger partial charge in [0.15, 0.2) is 0 Å². The number of hydrogen-bond acceptors (Lipinski definition) is 7. The molecule has 9 nitrogen and oxygen atoms in total. The van der Waals surface area contributed by atoms with Gasteiger partial charge in [-0.1, -0.05) is 6.07 Å². The summed E-state index contributed by atoms with van der Waals surface area (Å²) in [5, 5.41) is 3.14. The lowest BCUT2D eigenvalue weighted by Crippen LogP contribution is -2.62. The average molecular weight is 480 g/mol. The van der Waals surface area contributed by atoms with Crippen LogP contribution in [0.2, 0.25) is 0 Å². The van der Waals surface area contributed by atoms with Crippen LogP contribution in [0, 0.1) is 5.92 Å². The standard InChI is InChI=1S/C26H33N5O4/c1-34-21-3-2-20-14-22(26(33)28-16-19-4-6-27-7-5-19)24-17-29(8-9-31(24)23(20)15-21)18-25(32)30-10-12-35-13-11-30/h2-7,15,22,24H,8-14,16-18H2,1H3,(H,28,33). The normalized spacial score (nSPS) is 22.2. The van der Waals surface area contributed by atoms with Crippen LogP contribution in [0.1, 0.15) is 11.1 Å². The maximum Gasteiger partial charge on any atom is 0.236 e. The third kappa shape index (κ3) is 5.26. The Morgan fingerprint density at radius 1 is 1.11 bits per heavy atom. The molecular formula is C26H33N5O4. The molecule has 5 rings (SSSR count). The van der Waals surface area contributed by atoms with Crippen molar-refractivity contribution in [2.24, 2.45) is 5.92 Å². The number of morpholine rings is 1. The van der Waals surface area contributed by atoms with Gasteiger partial charge in [0.05, 0.1) is 38.8 Å². The first-order valence-corrected chi connectivity index (χ1v) is 12.3. The number of fused-ring (bicyclic) bond motifs is 3. The first-order valence-electron chi connectivity index (χ1n) is 12.3. The molecule has 35 heavy (non-hydrogen) atoms. The molecule has 0 bridgehead atoms. The van der Waals surface area contributed by atoms with E-state index in [1.54, 1.807) is 19.5 Å². The minimum Gasteiger partial charge on any atom is -0.497 e. The molecule has 0 saturated carbocycles. The summed E-state index contributed by atoms with van der Waals surface area (Å²) in [7, 11) is 1.67. The Labute approximate surface area is 206 Å². The summed E-state index contributed by atoms with van der Waals surface area (Å²) in [5.41, 5.74) is 3.31. The van der Waals surface area contributed by atoms with Crippen molar-refractivity contribution in [2.45, 2.75) is 19.0 Å². The third-order valence-electron chi connectivity index (χ3n) is 7.28. The molecule has 0 spiro atoms. The first kappa shape index (κ1) is 23.6. The number of methoxy groups -OCH3 is 1.